The number of hydrogen-bond acceptors (Lipinski definition) is 4. The number of aliphatic hydroxyl groups is 1. The number of nitrogens with zero attached hydrogens (tertiary/aromatic N) is 2. The van der Waals surface area contributed by atoms with Crippen LogP contribution in [0.5, 0.6) is 0 Å². The third-order valence-electron chi connectivity index (χ3n) is 3.46. The Morgan fingerprint density at radius 2 is 2.44 bits per heavy atom. The number of aromatic nitrogens is 2. The molecular formula is C12H20N4O2. The molecule has 100 valence electrons. The molecule has 0 bridgehead atoms. The van der Waals surface area contributed by atoms with Crippen LogP contribution in [0, 0.1) is 5.92 Å². The Hall–Kier alpha value is -1.40. The Kier molecular flexibility index (Phi) is 4.33. The molecule has 1 aromatic rings. The summed E-state index contributed by atoms with van der Waals surface area (Å²) in [4.78, 5) is 16.0. The first-order chi connectivity index (χ1) is 8.74. The second-order valence-corrected chi connectivity index (χ2v) is 4.74. The average molecular weight is 252 g/mol. The summed E-state index contributed by atoms with van der Waals surface area (Å²) in [5, 5.41) is 12.2. The number of imidazole rings is 1. The van der Waals surface area contributed by atoms with E-state index in [9.17, 15) is 9.90 Å². The number of amides is 1. The molecule has 0 spiro atoms. The van der Waals surface area contributed by atoms with E-state index in [4.69, 9.17) is 5.73 Å². The van der Waals surface area contributed by atoms with E-state index in [0.717, 1.165) is 19.3 Å². The number of aliphatic hydroxyl groups excluding tert-OH is 1. The first-order valence-electron chi connectivity index (χ1n) is 6.38. The third-order valence-corrected chi connectivity index (χ3v) is 3.46. The molecule has 18 heavy (non-hydrogen) atoms. The number of rotatable bonds is 5. The molecule has 0 saturated heterocycles. The Bertz CT molecular complexity index is 405. The molecule has 0 aliphatic heterocycles. The largest absolute Gasteiger partial charge is 0.396 e. The lowest BCUT2D eigenvalue weighted by Gasteiger charge is -2.18. The lowest BCUT2D eigenvalue weighted by molar-refractivity contribution is 0.0911. The fourth-order valence-electron chi connectivity index (χ4n) is 2.44. The number of nitrogens with two attached hydrogens (primary N) is 1. The van der Waals surface area contributed by atoms with Gasteiger partial charge >= 0.3 is 0 Å². The van der Waals surface area contributed by atoms with Gasteiger partial charge in [-0.2, -0.15) is 0 Å². The van der Waals surface area contributed by atoms with Gasteiger partial charge in [-0.15, -0.1) is 0 Å². The molecule has 2 rings (SSSR count). The summed E-state index contributed by atoms with van der Waals surface area (Å²) in [6, 6.07) is 0.0714. The van der Waals surface area contributed by atoms with Crippen molar-refractivity contribution in [1.29, 1.82) is 0 Å². The first-order valence-corrected chi connectivity index (χ1v) is 6.38. The third kappa shape index (κ3) is 2.88. The lowest BCUT2D eigenvalue weighted by Crippen LogP contribution is -2.38. The number of carbonyl (C=O) groups excluding carboxylic acids is 1. The molecule has 1 aliphatic rings. The fourth-order valence-corrected chi connectivity index (χ4v) is 2.44. The van der Waals surface area contributed by atoms with Gasteiger partial charge in [0.1, 0.15) is 5.69 Å². The Labute approximate surface area is 106 Å². The monoisotopic (exact) mass is 252 g/mol. The van der Waals surface area contributed by atoms with Crippen molar-refractivity contribution in [1.82, 2.24) is 14.9 Å². The van der Waals surface area contributed by atoms with E-state index in [1.807, 2.05) is 0 Å². The van der Waals surface area contributed by atoms with Crippen LogP contribution in [0.25, 0.3) is 0 Å². The van der Waals surface area contributed by atoms with Gasteiger partial charge in [0, 0.05) is 37.9 Å². The minimum atomic E-state index is -0.170. The van der Waals surface area contributed by atoms with Crippen LogP contribution in [0.15, 0.2) is 12.5 Å². The predicted molar refractivity (Wildman–Crippen MR) is 67.0 cm³/mol. The molecule has 1 aliphatic carbocycles. The summed E-state index contributed by atoms with van der Waals surface area (Å²) >= 11 is 0. The van der Waals surface area contributed by atoms with Gasteiger partial charge in [-0.25, -0.2) is 4.98 Å². The van der Waals surface area contributed by atoms with Crippen molar-refractivity contribution in [3.63, 3.8) is 0 Å². The van der Waals surface area contributed by atoms with Crippen molar-refractivity contribution in [2.45, 2.75) is 31.8 Å². The van der Waals surface area contributed by atoms with Gasteiger partial charge in [0.15, 0.2) is 0 Å². The Morgan fingerprint density at radius 3 is 3.17 bits per heavy atom. The Balaban J connectivity index is 1.94. The Morgan fingerprint density at radius 1 is 1.61 bits per heavy atom. The zero-order chi connectivity index (χ0) is 13.0. The molecule has 1 saturated carbocycles. The van der Waals surface area contributed by atoms with E-state index in [1.54, 1.807) is 17.1 Å². The van der Waals surface area contributed by atoms with Crippen molar-refractivity contribution < 1.29 is 9.90 Å². The first kappa shape index (κ1) is 13.0. The predicted octanol–water partition coefficient (Wildman–Crippen LogP) is -0.267. The molecule has 6 nitrogen and oxygen atoms in total. The van der Waals surface area contributed by atoms with E-state index in [1.165, 1.54) is 0 Å². The highest BCUT2D eigenvalue weighted by molar-refractivity contribution is 5.92. The van der Waals surface area contributed by atoms with Crippen LogP contribution in [0.2, 0.25) is 0 Å². The SMILES string of the molecule is NCCn1cnc(C(=O)NC2CCCC2CO)c1. The molecule has 1 fully saturated rings. The van der Waals surface area contributed by atoms with Gasteiger partial charge in [0.2, 0.25) is 0 Å². The molecule has 4 N–H and O–H groups in total. The second-order valence-electron chi connectivity index (χ2n) is 4.74. The van der Waals surface area contributed by atoms with Crippen LogP contribution in [-0.2, 0) is 6.54 Å². The zero-order valence-corrected chi connectivity index (χ0v) is 10.4. The number of carbonyl (C=O) groups is 1. The van der Waals surface area contributed by atoms with Gasteiger partial charge in [-0.1, -0.05) is 6.42 Å². The summed E-state index contributed by atoms with van der Waals surface area (Å²) in [6.07, 6.45) is 6.27. The van der Waals surface area contributed by atoms with Gasteiger partial charge in [-0.3, -0.25) is 4.79 Å². The van der Waals surface area contributed by atoms with E-state index >= 15 is 0 Å². The molecule has 2 atom stereocenters. The smallest absolute Gasteiger partial charge is 0.271 e. The molecule has 6 heteroatoms. The molecule has 0 radical (unpaired) electrons. The minimum Gasteiger partial charge on any atom is -0.396 e. The molecule has 1 amide bonds. The fraction of sp³-hybridized carbons (Fsp3) is 0.667. The summed E-state index contributed by atoms with van der Waals surface area (Å²) in [5.41, 5.74) is 5.85. The van der Waals surface area contributed by atoms with E-state index < -0.39 is 0 Å². The zero-order valence-electron chi connectivity index (χ0n) is 10.4. The summed E-state index contributed by atoms with van der Waals surface area (Å²) in [5.74, 6) is 0.0104. The summed E-state index contributed by atoms with van der Waals surface area (Å²) < 4.78 is 1.80. The van der Waals surface area contributed by atoms with Crippen molar-refractivity contribution in [3.8, 4) is 0 Å². The van der Waals surface area contributed by atoms with Crippen LogP contribution in [0.1, 0.15) is 29.8 Å². The number of hydrogen-bond donors (Lipinski definition) is 3. The van der Waals surface area contributed by atoms with Crippen LogP contribution in [0.4, 0.5) is 0 Å². The maximum Gasteiger partial charge on any atom is 0.271 e. The molecule has 0 aromatic carbocycles. The minimum absolute atomic E-state index is 0.0714. The normalized spacial score (nSPS) is 23.2. The highest BCUT2D eigenvalue weighted by Gasteiger charge is 2.28. The van der Waals surface area contributed by atoms with Crippen molar-refractivity contribution >= 4 is 5.91 Å². The van der Waals surface area contributed by atoms with Crippen LogP contribution in [0.3, 0.4) is 0 Å². The van der Waals surface area contributed by atoms with Gasteiger partial charge in [0.05, 0.1) is 6.33 Å². The molecular weight excluding hydrogens is 232 g/mol. The highest BCUT2D eigenvalue weighted by atomic mass is 16.3. The second kappa shape index (κ2) is 5.97. The summed E-state index contributed by atoms with van der Waals surface area (Å²) in [7, 11) is 0. The maximum absolute atomic E-state index is 12.0. The van der Waals surface area contributed by atoms with Crippen molar-refractivity contribution in [2.75, 3.05) is 13.2 Å². The maximum atomic E-state index is 12.0. The van der Waals surface area contributed by atoms with Crippen LogP contribution >= 0.6 is 0 Å². The standard InChI is InChI=1S/C12H20N4O2/c13-4-5-16-6-11(14-8-16)12(18)15-10-3-1-2-9(10)7-17/h6,8-10,17H,1-5,7,13H2,(H,15,18). The van der Waals surface area contributed by atoms with Gasteiger partial charge < -0.3 is 20.7 Å². The van der Waals surface area contributed by atoms with E-state index in [-0.39, 0.29) is 24.5 Å². The topological polar surface area (TPSA) is 93.2 Å². The van der Waals surface area contributed by atoms with Crippen LogP contribution in [-0.4, -0.2) is 39.8 Å². The molecule has 1 aromatic heterocycles. The average Bonchev–Trinajstić information content (AvgIpc) is 2.98. The quantitative estimate of drug-likeness (QED) is 0.672. The number of nitrogens with one attached hydrogen (secondary N) is 1. The van der Waals surface area contributed by atoms with E-state index in [2.05, 4.69) is 10.3 Å². The molecule has 2 unspecified atom stereocenters. The highest BCUT2D eigenvalue weighted by Crippen LogP contribution is 2.25. The van der Waals surface area contributed by atoms with Crippen LogP contribution < -0.4 is 11.1 Å². The van der Waals surface area contributed by atoms with E-state index in [0.29, 0.717) is 18.8 Å². The van der Waals surface area contributed by atoms with Crippen molar-refractivity contribution in [3.05, 3.63) is 18.2 Å². The van der Waals surface area contributed by atoms with Gasteiger partial charge in [0.25, 0.3) is 5.91 Å². The van der Waals surface area contributed by atoms with Crippen molar-refractivity contribution in [2.24, 2.45) is 11.7 Å². The molecule has 1 heterocycles. The summed E-state index contributed by atoms with van der Waals surface area (Å²) in [6.45, 7) is 1.31. The van der Waals surface area contributed by atoms with Gasteiger partial charge in [-0.05, 0) is 12.8 Å². The lowest BCUT2D eigenvalue weighted by atomic mass is 10.1.